The van der Waals surface area contributed by atoms with Crippen molar-refractivity contribution in [3.05, 3.63) is 23.8 Å². The first-order valence-electron chi connectivity index (χ1n) is 8.53. The summed E-state index contributed by atoms with van der Waals surface area (Å²) in [5.41, 5.74) is 0.420. The molecule has 152 valence electrons. The molecule has 0 bridgehead atoms. The maximum absolute atomic E-state index is 13.0. The maximum Gasteiger partial charge on any atom is 0.407 e. The van der Waals surface area contributed by atoms with Crippen molar-refractivity contribution in [1.82, 2.24) is 5.32 Å². The van der Waals surface area contributed by atoms with E-state index in [9.17, 15) is 21.6 Å². The van der Waals surface area contributed by atoms with E-state index in [0.29, 0.717) is 41.0 Å². The number of sulfonamides is 1. The molecule has 1 aliphatic heterocycles. The predicted molar refractivity (Wildman–Crippen MR) is 99.0 cm³/mol. The van der Waals surface area contributed by atoms with E-state index >= 15 is 0 Å². The Balaban J connectivity index is 2.44. The van der Waals surface area contributed by atoms with Gasteiger partial charge in [0.05, 0.1) is 18.5 Å². The van der Waals surface area contributed by atoms with Crippen molar-refractivity contribution in [2.75, 3.05) is 36.8 Å². The van der Waals surface area contributed by atoms with Crippen molar-refractivity contribution < 1.29 is 26.3 Å². The Morgan fingerprint density at radius 2 is 2.04 bits per heavy atom. The maximum atomic E-state index is 13.0. The van der Waals surface area contributed by atoms with Gasteiger partial charge in [-0.15, -0.1) is 0 Å². The second-order valence-corrected chi connectivity index (χ2v) is 8.69. The molecule has 0 saturated carbocycles. The van der Waals surface area contributed by atoms with Crippen LogP contribution in [0.15, 0.2) is 23.2 Å². The quantitative estimate of drug-likeness (QED) is 0.719. The highest BCUT2D eigenvalue weighted by atomic mass is 32.2. The van der Waals surface area contributed by atoms with Crippen LogP contribution in [-0.4, -0.2) is 52.9 Å². The lowest BCUT2D eigenvalue weighted by Gasteiger charge is -2.27. The van der Waals surface area contributed by atoms with Gasteiger partial charge in [-0.05, 0) is 24.5 Å². The van der Waals surface area contributed by atoms with Gasteiger partial charge in [0.2, 0.25) is 10.0 Å². The summed E-state index contributed by atoms with van der Waals surface area (Å²) in [4.78, 5) is 4.21. The fourth-order valence-corrected chi connectivity index (χ4v) is 3.68. The number of nitrogens with zero attached hydrogens (tertiary/aromatic N) is 2. The van der Waals surface area contributed by atoms with Crippen LogP contribution in [0.2, 0.25) is 0 Å². The second-order valence-electron chi connectivity index (χ2n) is 6.78. The Hall–Kier alpha value is -1.97. The minimum atomic E-state index is -4.67. The number of halogens is 3. The van der Waals surface area contributed by atoms with Crippen LogP contribution in [-0.2, 0) is 16.4 Å². The lowest BCUT2D eigenvalue weighted by atomic mass is 10.00. The van der Waals surface area contributed by atoms with E-state index in [2.05, 4.69) is 10.3 Å². The summed E-state index contributed by atoms with van der Waals surface area (Å²) in [5, 5.41) is 3.05. The molecule has 0 aromatic heterocycles. The van der Waals surface area contributed by atoms with Crippen LogP contribution >= 0.6 is 0 Å². The van der Waals surface area contributed by atoms with E-state index in [4.69, 9.17) is 4.74 Å². The fourth-order valence-electron chi connectivity index (χ4n) is 2.77. The zero-order valence-electron chi connectivity index (χ0n) is 15.5. The molecule has 1 aliphatic rings. The van der Waals surface area contributed by atoms with Gasteiger partial charge in [-0.25, -0.2) is 8.42 Å². The zero-order valence-corrected chi connectivity index (χ0v) is 16.3. The number of anilines is 1. The van der Waals surface area contributed by atoms with Crippen LogP contribution < -0.4 is 14.4 Å². The van der Waals surface area contributed by atoms with Gasteiger partial charge in [-0.1, -0.05) is 19.9 Å². The normalized spacial score (nSPS) is 14.9. The minimum absolute atomic E-state index is 0.0117. The van der Waals surface area contributed by atoms with E-state index in [0.717, 1.165) is 6.26 Å². The van der Waals surface area contributed by atoms with Crippen LogP contribution in [0.3, 0.4) is 0 Å². The predicted octanol–water partition coefficient (Wildman–Crippen LogP) is 2.59. The summed E-state index contributed by atoms with van der Waals surface area (Å²) in [6.07, 6.45) is -3.53. The average molecular weight is 407 g/mol. The number of benzene rings is 1. The van der Waals surface area contributed by atoms with Gasteiger partial charge < -0.3 is 10.1 Å². The first kappa shape index (κ1) is 21.3. The number of alkyl halides is 3. The molecule has 27 heavy (non-hydrogen) atoms. The van der Waals surface area contributed by atoms with E-state index in [1.807, 2.05) is 13.8 Å². The second kappa shape index (κ2) is 8.37. The molecule has 1 aromatic carbocycles. The fraction of sp³-hybridized carbons (Fsp3) is 0.588. The highest BCUT2D eigenvalue weighted by Crippen LogP contribution is 2.35. The third-order valence-corrected chi connectivity index (χ3v) is 4.95. The number of nitrogens with one attached hydrogen (secondary N) is 1. The summed E-state index contributed by atoms with van der Waals surface area (Å²) in [6.45, 7) is 3.72. The molecule has 0 amide bonds. The molecule has 0 fully saturated rings. The Morgan fingerprint density at radius 1 is 1.33 bits per heavy atom. The number of aliphatic imine (C=N–C) groups is 1. The molecule has 0 aliphatic carbocycles. The van der Waals surface area contributed by atoms with Crippen molar-refractivity contribution in [3.8, 4) is 5.75 Å². The molecule has 10 heteroatoms. The van der Waals surface area contributed by atoms with E-state index in [1.165, 1.54) is 12.1 Å². The summed E-state index contributed by atoms with van der Waals surface area (Å²) in [7, 11) is -4.14. The molecule has 0 atom stereocenters. The van der Waals surface area contributed by atoms with Crippen molar-refractivity contribution in [3.63, 3.8) is 0 Å². The highest BCUT2D eigenvalue weighted by Gasteiger charge is 2.36. The molecular weight excluding hydrogens is 383 g/mol. The molecule has 0 spiro atoms. The summed E-state index contributed by atoms with van der Waals surface area (Å²) >= 11 is 0. The molecule has 1 heterocycles. The van der Waals surface area contributed by atoms with Crippen molar-refractivity contribution in [2.45, 2.75) is 26.4 Å². The van der Waals surface area contributed by atoms with Gasteiger partial charge in [-0.2, -0.15) is 13.2 Å². The molecule has 0 radical (unpaired) electrons. The van der Waals surface area contributed by atoms with E-state index < -0.39 is 22.7 Å². The number of hydrogen-bond donors (Lipinski definition) is 1. The summed E-state index contributed by atoms with van der Waals surface area (Å²) in [5.74, 6) is 1.10. The Bertz CT molecular complexity index is 792. The van der Waals surface area contributed by atoms with Gasteiger partial charge >= 0.3 is 6.18 Å². The monoisotopic (exact) mass is 407 g/mol. The summed E-state index contributed by atoms with van der Waals surface area (Å²) in [6, 6.07) is 4.50. The third kappa shape index (κ3) is 6.30. The lowest BCUT2D eigenvalue weighted by molar-refractivity contribution is -0.117. The van der Waals surface area contributed by atoms with E-state index in [-0.39, 0.29) is 18.2 Å². The van der Waals surface area contributed by atoms with Crippen LogP contribution in [0.1, 0.15) is 19.4 Å². The van der Waals surface area contributed by atoms with Gasteiger partial charge in [0.25, 0.3) is 0 Å². The van der Waals surface area contributed by atoms with Gasteiger partial charge in [0.15, 0.2) is 0 Å². The smallest absolute Gasteiger partial charge is 0.407 e. The van der Waals surface area contributed by atoms with Crippen LogP contribution in [0, 0.1) is 5.92 Å². The Morgan fingerprint density at radius 3 is 2.56 bits per heavy atom. The van der Waals surface area contributed by atoms with Crippen molar-refractivity contribution in [2.24, 2.45) is 10.9 Å². The topological polar surface area (TPSA) is 71.0 Å². The molecular formula is C17H24F3N3O3S. The Kier molecular flexibility index (Phi) is 6.61. The lowest BCUT2D eigenvalue weighted by Crippen LogP contribution is -2.39. The standard InChI is InChI=1S/C17H24F3N3O3S/c1-12(2)9-13-14(23(27(3,24)25)11-17(18,19)20)5-4-6-15(13)26-10-16-21-7-8-22-16/h4-6,12H,7-11H2,1-3H3,(H,21,22). The van der Waals surface area contributed by atoms with E-state index in [1.54, 1.807) is 6.07 Å². The Labute approximate surface area is 157 Å². The molecule has 6 nitrogen and oxygen atoms in total. The molecule has 1 aromatic rings. The van der Waals surface area contributed by atoms with Gasteiger partial charge in [-0.3, -0.25) is 9.30 Å². The first-order valence-corrected chi connectivity index (χ1v) is 10.4. The van der Waals surface area contributed by atoms with Crippen LogP contribution in [0.4, 0.5) is 18.9 Å². The largest absolute Gasteiger partial charge is 0.485 e. The molecule has 0 unspecified atom stereocenters. The average Bonchev–Trinajstić information content (AvgIpc) is 3.03. The molecule has 2 rings (SSSR count). The third-order valence-electron chi connectivity index (χ3n) is 3.82. The van der Waals surface area contributed by atoms with Crippen molar-refractivity contribution >= 4 is 21.5 Å². The molecule has 0 saturated heterocycles. The first-order chi connectivity index (χ1) is 12.5. The number of rotatable bonds is 8. The molecule has 1 N–H and O–H groups in total. The number of hydrogen-bond acceptors (Lipinski definition) is 5. The van der Waals surface area contributed by atoms with Crippen LogP contribution in [0.5, 0.6) is 5.75 Å². The minimum Gasteiger partial charge on any atom is -0.485 e. The number of amidine groups is 1. The van der Waals surface area contributed by atoms with Gasteiger partial charge in [0, 0.05) is 12.1 Å². The number of ether oxygens (including phenoxy) is 1. The highest BCUT2D eigenvalue weighted by molar-refractivity contribution is 7.92. The van der Waals surface area contributed by atoms with Crippen LogP contribution in [0.25, 0.3) is 0 Å². The SMILES string of the molecule is CC(C)Cc1c(OCC2=NCCN2)cccc1N(CC(F)(F)F)S(C)(=O)=O. The summed E-state index contributed by atoms with van der Waals surface area (Å²) < 4.78 is 69.3. The van der Waals surface area contributed by atoms with Gasteiger partial charge in [0.1, 0.15) is 24.7 Å². The van der Waals surface area contributed by atoms with Crippen molar-refractivity contribution in [1.29, 1.82) is 0 Å². The zero-order chi connectivity index (χ0) is 20.2.